The Morgan fingerprint density at radius 1 is 1.00 bits per heavy atom. The predicted octanol–water partition coefficient (Wildman–Crippen LogP) is 4.33. The van der Waals surface area contributed by atoms with Gasteiger partial charge in [0.1, 0.15) is 12.0 Å². The first kappa shape index (κ1) is 28.4. The van der Waals surface area contributed by atoms with Gasteiger partial charge in [-0.05, 0) is 60.7 Å². The Morgan fingerprint density at radius 2 is 1.77 bits per heavy atom. The molecule has 0 aliphatic rings. The van der Waals surface area contributed by atoms with Gasteiger partial charge in [0.2, 0.25) is 11.8 Å². The highest BCUT2D eigenvalue weighted by Crippen LogP contribution is 2.27. The zero-order chi connectivity index (χ0) is 28.3. The number of thiophene rings is 1. The Kier molecular flexibility index (Phi) is 9.89. The fourth-order valence-corrected chi connectivity index (χ4v) is 4.92. The summed E-state index contributed by atoms with van der Waals surface area (Å²) in [6, 6.07) is 16.8. The van der Waals surface area contributed by atoms with Crippen molar-refractivity contribution in [2.24, 2.45) is 0 Å². The van der Waals surface area contributed by atoms with E-state index in [1.54, 1.807) is 30.5 Å². The second-order valence-corrected chi connectivity index (χ2v) is 9.97. The van der Waals surface area contributed by atoms with E-state index in [0.29, 0.717) is 49.3 Å². The van der Waals surface area contributed by atoms with Gasteiger partial charge in [-0.3, -0.25) is 14.4 Å². The maximum Gasteiger partial charge on any atom is 0.305 e. The van der Waals surface area contributed by atoms with E-state index in [1.807, 2.05) is 41.8 Å². The minimum atomic E-state index is -1.16. The van der Waals surface area contributed by atoms with Crippen LogP contribution in [0.15, 0.2) is 72.2 Å². The molecule has 0 saturated carbocycles. The molecule has 0 fully saturated rings. The Hall–Kier alpha value is -4.64. The number of rotatable bonds is 14. The third-order valence-corrected chi connectivity index (χ3v) is 7.05. The highest BCUT2D eigenvalue weighted by atomic mass is 32.1. The minimum absolute atomic E-state index is 0.230. The number of aliphatic carboxylic acids is 1. The number of carboxylic acids is 1. The monoisotopic (exact) mass is 560 g/mol. The van der Waals surface area contributed by atoms with Gasteiger partial charge in [0.05, 0.1) is 35.6 Å². The number of carbonyl (C=O) groups is 4. The number of benzene rings is 2. The molecule has 2 aromatic heterocycles. The molecule has 0 saturated heterocycles. The summed E-state index contributed by atoms with van der Waals surface area (Å²) in [4.78, 5) is 57.1. The van der Waals surface area contributed by atoms with Crippen LogP contribution in [0.4, 0.5) is 0 Å². The molecule has 0 spiro atoms. The number of ether oxygens (including phenoxy) is 1. The normalized spacial score (nSPS) is 12.3. The van der Waals surface area contributed by atoms with Crippen LogP contribution >= 0.6 is 11.3 Å². The lowest BCUT2D eigenvalue weighted by Crippen LogP contribution is -2.40. The first-order valence-electron chi connectivity index (χ1n) is 12.7. The Morgan fingerprint density at radius 3 is 2.48 bits per heavy atom. The van der Waals surface area contributed by atoms with Crippen LogP contribution in [0, 0.1) is 0 Å². The van der Waals surface area contributed by atoms with Crippen LogP contribution in [-0.4, -0.2) is 51.7 Å². The first-order valence-corrected chi connectivity index (χ1v) is 13.6. The number of hydrogen-bond acceptors (Lipinski definition) is 8. The number of fused-ring (bicyclic) bond motifs is 1. The van der Waals surface area contributed by atoms with Gasteiger partial charge in [-0.2, -0.15) is 0 Å². The van der Waals surface area contributed by atoms with E-state index in [-0.39, 0.29) is 11.8 Å². The molecule has 2 atom stereocenters. The molecular weight excluding hydrogens is 532 g/mol. The standard InChI is InChI=1S/C29H28N4O6S/c34-18-20(16-27(35)36)32-29(38)22(25-9-5-15-40-25)6-3-4-14-30-28(37)19-10-12-21(13-11-19)39-26-17-31-23-7-1-2-8-24(23)33-26/h1-2,5,7-13,15,17-18,20,22H,3-4,6,14,16H2,(H,30,37)(H,32,38)(H,35,36)/t20-,22-/m0/s1. The quantitative estimate of drug-likeness (QED) is 0.153. The van der Waals surface area contributed by atoms with Gasteiger partial charge in [0, 0.05) is 17.0 Å². The summed E-state index contributed by atoms with van der Waals surface area (Å²) in [5, 5.41) is 16.2. The van der Waals surface area contributed by atoms with E-state index >= 15 is 0 Å². The number of amides is 2. The molecule has 0 bridgehead atoms. The number of carboxylic acid groups (broad SMARTS) is 1. The van der Waals surface area contributed by atoms with E-state index in [9.17, 15) is 19.2 Å². The van der Waals surface area contributed by atoms with Crippen molar-refractivity contribution in [3.63, 3.8) is 0 Å². The number of carbonyl (C=O) groups excluding carboxylic acids is 3. The number of nitrogens with one attached hydrogen (secondary N) is 2. The summed E-state index contributed by atoms with van der Waals surface area (Å²) in [5.41, 5.74) is 1.97. The van der Waals surface area contributed by atoms with Crippen molar-refractivity contribution in [3.8, 4) is 11.6 Å². The fourth-order valence-electron chi connectivity index (χ4n) is 4.06. The van der Waals surface area contributed by atoms with Gasteiger partial charge in [0.15, 0.2) is 0 Å². The van der Waals surface area contributed by atoms with Crippen molar-refractivity contribution >= 4 is 46.4 Å². The number of nitrogens with zero attached hydrogens (tertiary/aromatic N) is 2. The van der Waals surface area contributed by atoms with Gasteiger partial charge in [-0.1, -0.05) is 24.6 Å². The van der Waals surface area contributed by atoms with Crippen LogP contribution in [0.5, 0.6) is 11.6 Å². The summed E-state index contributed by atoms with van der Waals surface area (Å²) in [7, 11) is 0. The molecular formula is C29H28N4O6S. The molecule has 206 valence electrons. The Bertz CT molecular complexity index is 1460. The third-order valence-electron chi connectivity index (χ3n) is 6.06. The largest absolute Gasteiger partial charge is 0.481 e. The molecule has 3 N–H and O–H groups in total. The molecule has 2 aromatic carbocycles. The van der Waals surface area contributed by atoms with E-state index < -0.39 is 24.3 Å². The van der Waals surface area contributed by atoms with Crippen LogP contribution in [0.25, 0.3) is 11.0 Å². The summed E-state index contributed by atoms with van der Waals surface area (Å²) in [6.45, 7) is 0.415. The van der Waals surface area contributed by atoms with Gasteiger partial charge >= 0.3 is 5.97 Å². The first-order chi connectivity index (χ1) is 19.4. The second kappa shape index (κ2) is 13.9. The van der Waals surface area contributed by atoms with Crippen molar-refractivity contribution in [2.45, 2.75) is 37.6 Å². The molecule has 0 radical (unpaired) electrons. The molecule has 2 amide bonds. The second-order valence-electron chi connectivity index (χ2n) is 8.99. The molecule has 0 aliphatic carbocycles. The summed E-state index contributed by atoms with van der Waals surface area (Å²) >= 11 is 1.42. The molecule has 0 unspecified atom stereocenters. The van der Waals surface area contributed by atoms with Crippen LogP contribution < -0.4 is 15.4 Å². The van der Waals surface area contributed by atoms with Gasteiger partial charge in [-0.15, -0.1) is 11.3 Å². The number of aldehydes is 1. The van der Waals surface area contributed by atoms with Gasteiger partial charge in [-0.25, -0.2) is 9.97 Å². The Labute approximate surface area is 234 Å². The van der Waals surface area contributed by atoms with Crippen LogP contribution in [0.1, 0.15) is 46.8 Å². The van der Waals surface area contributed by atoms with Gasteiger partial charge in [0.25, 0.3) is 5.91 Å². The summed E-state index contributed by atoms with van der Waals surface area (Å²) in [6.07, 6.45) is 3.28. The average Bonchev–Trinajstić information content (AvgIpc) is 3.49. The van der Waals surface area contributed by atoms with Crippen molar-refractivity contribution in [3.05, 3.63) is 82.7 Å². The molecule has 10 nitrogen and oxygen atoms in total. The maximum absolute atomic E-state index is 12.8. The fraction of sp³-hybridized carbons (Fsp3) is 0.241. The van der Waals surface area contributed by atoms with Crippen LogP contribution in [0.2, 0.25) is 0 Å². The third kappa shape index (κ3) is 7.93. The minimum Gasteiger partial charge on any atom is -0.481 e. The number of para-hydroxylation sites is 2. The lowest BCUT2D eigenvalue weighted by atomic mass is 9.98. The zero-order valence-electron chi connectivity index (χ0n) is 21.5. The summed E-state index contributed by atoms with van der Waals surface area (Å²) in [5.74, 6) is -1.41. The molecule has 4 aromatic rings. The number of unbranched alkanes of at least 4 members (excludes halogenated alkanes) is 1. The lowest BCUT2D eigenvalue weighted by molar-refractivity contribution is -0.138. The van der Waals surface area contributed by atoms with Gasteiger partial charge < -0.3 is 25.3 Å². The van der Waals surface area contributed by atoms with Crippen LogP contribution in [-0.2, 0) is 14.4 Å². The molecule has 2 heterocycles. The SMILES string of the molecule is O=C[C@H](CC(=O)O)NC(=O)[C@@H](CCCCNC(=O)c1ccc(Oc2cnc3ccccc3n2)cc1)c1cccs1. The zero-order valence-corrected chi connectivity index (χ0v) is 22.3. The van der Waals surface area contributed by atoms with Crippen molar-refractivity contribution < 1.29 is 29.0 Å². The maximum atomic E-state index is 12.8. The van der Waals surface area contributed by atoms with Crippen LogP contribution in [0.3, 0.4) is 0 Å². The van der Waals surface area contributed by atoms with Crippen molar-refractivity contribution in [1.82, 2.24) is 20.6 Å². The average molecular weight is 561 g/mol. The predicted molar refractivity (Wildman–Crippen MR) is 150 cm³/mol. The molecule has 40 heavy (non-hydrogen) atoms. The van der Waals surface area contributed by atoms with Crippen molar-refractivity contribution in [2.75, 3.05) is 6.54 Å². The van der Waals surface area contributed by atoms with E-state index in [0.717, 1.165) is 15.9 Å². The number of hydrogen-bond donors (Lipinski definition) is 3. The Balaban J connectivity index is 1.24. The molecule has 0 aliphatic heterocycles. The smallest absolute Gasteiger partial charge is 0.305 e. The molecule has 4 rings (SSSR count). The van der Waals surface area contributed by atoms with Crippen molar-refractivity contribution in [1.29, 1.82) is 0 Å². The van der Waals surface area contributed by atoms with E-state index in [2.05, 4.69) is 20.6 Å². The molecule has 11 heteroatoms. The van der Waals surface area contributed by atoms with E-state index in [1.165, 1.54) is 11.3 Å². The highest BCUT2D eigenvalue weighted by Gasteiger charge is 2.24. The van der Waals surface area contributed by atoms with E-state index in [4.69, 9.17) is 9.84 Å². The topological polar surface area (TPSA) is 148 Å². The summed E-state index contributed by atoms with van der Waals surface area (Å²) < 4.78 is 5.77. The highest BCUT2D eigenvalue weighted by molar-refractivity contribution is 7.10. The lowest BCUT2D eigenvalue weighted by Gasteiger charge is -2.18. The number of aromatic nitrogens is 2.